The van der Waals surface area contributed by atoms with Gasteiger partial charge in [-0.25, -0.2) is 0 Å². The third-order valence-corrected chi connectivity index (χ3v) is 4.32. The number of nitriles is 1. The minimum Gasteiger partial charge on any atom is -0.299 e. The molecule has 1 aliphatic carbocycles. The molecule has 1 heterocycles. The first-order chi connectivity index (χ1) is 7.62. The van der Waals surface area contributed by atoms with Crippen LogP contribution in [-0.4, -0.2) is 24.0 Å². The Morgan fingerprint density at radius 3 is 2.56 bits per heavy atom. The van der Waals surface area contributed by atoms with Gasteiger partial charge in [-0.05, 0) is 31.2 Å². The average Bonchev–Trinajstić information content (AvgIpc) is 2.50. The Balaban J connectivity index is 2.03. The largest absolute Gasteiger partial charge is 0.299 e. The minimum atomic E-state index is 0.288. The van der Waals surface area contributed by atoms with E-state index in [1.807, 2.05) is 0 Å². The average molecular weight is 220 g/mol. The quantitative estimate of drug-likeness (QED) is 0.635. The van der Waals surface area contributed by atoms with E-state index in [-0.39, 0.29) is 5.92 Å². The lowest BCUT2D eigenvalue weighted by atomic mass is 9.92. The van der Waals surface area contributed by atoms with Crippen molar-refractivity contribution in [1.82, 2.24) is 4.90 Å². The molecule has 90 valence electrons. The molecule has 2 heteroatoms. The first-order valence-electron chi connectivity index (χ1n) is 6.76. The predicted octanol–water partition coefficient (Wildman–Crippen LogP) is 3.19. The number of hydrogen-bond donors (Lipinski definition) is 0. The molecular formula is C14H24N2. The van der Waals surface area contributed by atoms with E-state index in [0.717, 1.165) is 6.42 Å². The lowest BCUT2D eigenvalue weighted by molar-refractivity contribution is 0.172. The monoisotopic (exact) mass is 220 g/mol. The fraction of sp³-hybridized carbons (Fsp3) is 0.929. The van der Waals surface area contributed by atoms with E-state index in [1.54, 1.807) is 0 Å². The van der Waals surface area contributed by atoms with Crippen molar-refractivity contribution >= 4 is 0 Å². The summed E-state index contributed by atoms with van der Waals surface area (Å²) in [6.45, 7) is 7.10. The number of nitrogens with zero attached hydrogens (tertiary/aromatic N) is 2. The lowest BCUT2D eigenvalue weighted by Gasteiger charge is -2.31. The molecule has 2 aliphatic rings. The zero-order chi connectivity index (χ0) is 11.6. The van der Waals surface area contributed by atoms with Gasteiger partial charge in [0.05, 0.1) is 12.0 Å². The third kappa shape index (κ3) is 2.58. The summed E-state index contributed by atoms with van der Waals surface area (Å²) in [5.41, 5.74) is 0.465. The highest BCUT2D eigenvalue weighted by Crippen LogP contribution is 2.35. The van der Waals surface area contributed by atoms with Gasteiger partial charge in [0.25, 0.3) is 0 Å². The summed E-state index contributed by atoms with van der Waals surface area (Å²) in [4.78, 5) is 2.60. The minimum absolute atomic E-state index is 0.288. The van der Waals surface area contributed by atoms with Gasteiger partial charge in [0.1, 0.15) is 0 Å². The summed E-state index contributed by atoms with van der Waals surface area (Å²) >= 11 is 0. The van der Waals surface area contributed by atoms with E-state index >= 15 is 0 Å². The van der Waals surface area contributed by atoms with Crippen molar-refractivity contribution in [2.24, 2.45) is 11.3 Å². The van der Waals surface area contributed by atoms with Crippen LogP contribution >= 0.6 is 0 Å². The Morgan fingerprint density at radius 1 is 1.19 bits per heavy atom. The second-order valence-electron chi connectivity index (χ2n) is 6.33. The predicted molar refractivity (Wildman–Crippen MR) is 65.9 cm³/mol. The van der Waals surface area contributed by atoms with Crippen molar-refractivity contribution < 1.29 is 0 Å². The van der Waals surface area contributed by atoms with Gasteiger partial charge >= 0.3 is 0 Å². The lowest BCUT2D eigenvalue weighted by Crippen LogP contribution is -2.39. The normalized spacial score (nSPS) is 35.6. The maximum absolute atomic E-state index is 9.30. The van der Waals surface area contributed by atoms with Gasteiger partial charge in [-0.1, -0.05) is 33.1 Å². The molecule has 2 nitrogen and oxygen atoms in total. The molecule has 2 atom stereocenters. The Labute approximate surface area is 99.6 Å². The summed E-state index contributed by atoms with van der Waals surface area (Å²) in [5, 5.41) is 9.30. The molecule has 2 rings (SSSR count). The Kier molecular flexibility index (Phi) is 3.54. The maximum atomic E-state index is 9.30. The number of hydrogen-bond acceptors (Lipinski definition) is 2. The molecule has 0 aromatic carbocycles. The van der Waals surface area contributed by atoms with Crippen molar-refractivity contribution in [3.05, 3.63) is 0 Å². The van der Waals surface area contributed by atoms with Crippen LogP contribution in [0.1, 0.15) is 52.4 Å². The first kappa shape index (κ1) is 11.9. The van der Waals surface area contributed by atoms with Gasteiger partial charge in [0.2, 0.25) is 0 Å². The van der Waals surface area contributed by atoms with E-state index in [4.69, 9.17) is 0 Å². The molecule has 1 aliphatic heterocycles. The van der Waals surface area contributed by atoms with Gasteiger partial charge in [0, 0.05) is 12.6 Å². The van der Waals surface area contributed by atoms with Crippen LogP contribution < -0.4 is 0 Å². The van der Waals surface area contributed by atoms with Crippen molar-refractivity contribution in [2.75, 3.05) is 13.1 Å². The fourth-order valence-corrected chi connectivity index (χ4v) is 3.31. The van der Waals surface area contributed by atoms with Crippen LogP contribution in [0.5, 0.6) is 0 Å². The molecule has 0 aromatic heterocycles. The van der Waals surface area contributed by atoms with Crippen molar-refractivity contribution in [1.29, 1.82) is 5.26 Å². The number of rotatable bonds is 1. The van der Waals surface area contributed by atoms with Crippen LogP contribution in [0.15, 0.2) is 0 Å². The maximum Gasteiger partial charge on any atom is 0.0672 e. The van der Waals surface area contributed by atoms with Crippen molar-refractivity contribution in [3.63, 3.8) is 0 Å². The smallest absolute Gasteiger partial charge is 0.0672 e. The zero-order valence-electron chi connectivity index (χ0n) is 10.7. The van der Waals surface area contributed by atoms with Crippen molar-refractivity contribution in [2.45, 2.75) is 58.4 Å². The van der Waals surface area contributed by atoms with Gasteiger partial charge in [-0.3, -0.25) is 4.90 Å². The summed E-state index contributed by atoms with van der Waals surface area (Å²) in [6.07, 6.45) is 7.56. The molecule has 0 aromatic rings. The molecule has 0 radical (unpaired) electrons. The topological polar surface area (TPSA) is 27.0 Å². The molecule has 1 saturated heterocycles. The van der Waals surface area contributed by atoms with E-state index < -0.39 is 0 Å². The van der Waals surface area contributed by atoms with Crippen molar-refractivity contribution in [3.8, 4) is 6.07 Å². The van der Waals surface area contributed by atoms with Gasteiger partial charge < -0.3 is 0 Å². The molecular weight excluding hydrogens is 196 g/mol. The van der Waals surface area contributed by atoms with E-state index in [9.17, 15) is 5.26 Å². The summed E-state index contributed by atoms with van der Waals surface area (Å²) in [6, 6.07) is 3.11. The fourth-order valence-electron chi connectivity index (χ4n) is 3.31. The molecule has 2 unspecified atom stereocenters. The molecule has 0 spiro atoms. The highest BCUT2D eigenvalue weighted by molar-refractivity contribution is 4.97. The van der Waals surface area contributed by atoms with Crippen LogP contribution in [0.2, 0.25) is 0 Å². The standard InChI is InChI=1S/C14H24N2/c1-14(2)8-9-16(11-14)13-7-5-3-4-6-12(13)10-15/h12-13H,3-9,11H2,1-2H3. The van der Waals surface area contributed by atoms with Crippen LogP contribution in [0.25, 0.3) is 0 Å². The Bertz CT molecular complexity index is 277. The molecule has 16 heavy (non-hydrogen) atoms. The Morgan fingerprint density at radius 2 is 1.94 bits per heavy atom. The SMILES string of the molecule is CC1(C)CCN(C2CCCCCC2C#N)C1. The molecule has 0 amide bonds. The van der Waals surface area contributed by atoms with Crippen LogP contribution in [0.4, 0.5) is 0 Å². The highest BCUT2D eigenvalue weighted by atomic mass is 15.2. The second-order valence-corrected chi connectivity index (χ2v) is 6.33. The molecule has 0 bridgehead atoms. The highest BCUT2D eigenvalue weighted by Gasteiger charge is 2.36. The van der Waals surface area contributed by atoms with Crippen LogP contribution in [-0.2, 0) is 0 Å². The number of likely N-dealkylation sites (tertiary alicyclic amines) is 1. The van der Waals surface area contributed by atoms with Gasteiger partial charge in [-0.2, -0.15) is 5.26 Å². The van der Waals surface area contributed by atoms with E-state index in [1.165, 1.54) is 45.2 Å². The third-order valence-electron chi connectivity index (χ3n) is 4.32. The summed E-state index contributed by atoms with van der Waals surface area (Å²) in [7, 11) is 0. The summed E-state index contributed by atoms with van der Waals surface area (Å²) in [5.74, 6) is 0.288. The van der Waals surface area contributed by atoms with Gasteiger partial charge in [0.15, 0.2) is 0 Å². The zero-order valence-corrected chi connectivity index (χ0v) is 10.7. The molecule has 0 N–H and O–H groups in total. The van der Waals surface area contributed by atoms with E-state index in [0.29, 0.717) is 11.5 Å². The molecule has 2 fully saturated rings. The van der Waals surface area contributed by atoms with Crippen LogP contribution in [0, 0.1) is 22.7 Å². The second kappa shape index (κ2) is 4.75. The van der Waals surface area contributed by atoms with Crippen LogP contribution in [0.3, 0.4) is 0 Å². The first-order valence-corrected chi connectivity index (χ1v) is 6.76. The summed E-state index contributed by atoms with van der Waals surface area (Å²) < 4.78 is 0. The van der Waals surface area contributed by atoms with Gasteiger partial charge in [-0.15, -0.1) is 0 Å². The Hall–Kier alpha value is -0.550. The van der Waals surface area contributed by atoms with E-state index in [2.05, 4.69) is 24.8 Å². The molecule has 1 saturated carbocycles.